The summed E-state index contributed by atoms with van der Waals surface area (Å²) in [6, 6.07) is 0. The zero-order valence-electron chi connectivity index (χ0n) is 8.21. The Morgan fingerprint density at radius 1 is 1.25 bits per heavy atom. The maximum atomic E-state index is 2.49. The second-order valence-corrected chi connectivity index (χ2v) is 6.10. The van der Waals surface area contributed by atoms with Gasteiger partial charge in [-0.3, -0.25) is 0 Å². The lowest BCUT2D eigenvalue weighted by Crippen LogP contribution is -2.35. The summed E-state index contributed by atoms with van der Waals surface area (Å²) in [6.45, 7) is 4.98. The molecular formula is C11H18S. The van der Waals surface area contributed by atoms with E-state index in [2.05, 4.69) is 31.9 Å². The standard InChI is InChI=1S/C11H18S/c1-6-7(2)10-9-4-8(6)11(9,10)5-12-3/h6-10H,4-5H2,1-3H3. The van der Waals surface area contributed by atoms with Gasteiger partial charge in [-0.2, -0.15) is 11.8 Å². The molecule has 68 valence electrons. The fourth-order valence-corrected chi connectivity index (χ4v) is 5.73. The lowest BCUT2D eigenvalue weighted by Gasteiger charge is -2.40. The quantitative estimate of drug-likeness (QED) is 0.633. The molecule has 0 aromatic carbocycles. The molecule has 0 heterocycles. The van der Waals surface area contributed by atoms with Crippen LogP contribution in [0.1, 0.15) is 20.3 Å². The summed E-state index contributed by atoms with van der Waals surface area (Å²) in [5.41, 5.74) is 0.873. The first-order chi connectivity index (χ1) is 5.73. The van der Waals surface area contributed by atoms with E-state index in [-0.39, 0.29) is 0 Å². The smallest absolute Gasteiger partial charge is 0.000519 e. The second kappa shape index (κ2) is 2.05. The van der Waals surface area contributed by atoms with Gasteiger partial charge in [0.15, 0.2) is 0 Å². The van der Waals surface area contributed by atoms with Crippen LogP contribution < -0.4 is 0 Å². The average molecular weight is 182 g/mol. The maximum Gasteiger partial charge on any atom is -0.000519 e. The Bertz CT molecular complexity index is 213. The molecule has 3 saturated carbocycles. The van der Waals surface area contributed by atoms with Crippen molar-refractivity contribution in [3.8, 4) is 0 Å². The molecular weight excluding hydrogens is 164 g/mol. The van der Waals surface area contributed by atoms with Crippen LogP contribution in [-0.4, -0.2) is 12.0 Å². The summed E-state index contributed by atoms with van der Waals surface area (Å²) in [7, 11) is 0. The number of thioether (sulfide) groups is 1. The lowest BCUT2D eigenvalue weighted by atomic mass is 9.67. The minimum absolute atomic E-state index is 0.873. The van der Waals surface area contributed by atoms with E-state index in [9.17, 15) is 0 Å². The molecule has 12 heavy (non-hydrogen) atoms. The van der Waals surface area contributed by atoms with Crippen LogP contribution in [0.25, 0.3) is 0 Å². The van der Waals surface area contributed by atoms with Gasteiger partial charge in [0.05, 0.1) is 0 Å². The molecule has 0 N–H and O–H groups in total. The van der Waals surface area contributed by atoms with E-state index in [4.69, 9.17) is 0 Å². The van der Waals surface area contributed by atoms with Crippen LogP contribution in [0.3, 0.4) is 0 Å². The Morgan fingerprint density at radius 3 is 2.50 bits per heavy atom. The molecule has 0 aromatic rings. The fraction of sp³-hybridized carbons (Fsp3) is 1.00. The SMILES string of the molecule is CSCC12C3CC1C2C(C)C3C. The molecule has 3 fully saturated rings. The molecule has 0 spiro atoms. The predicted molar refractivity (Wildman–Crippen MR) is 54.2 cm³/mol. The molecule has 0 amide bonds. The van der Waals surface area contributed by atoms with Crippen molar-refractivity contribution in [2.75, 3.05) is 12.0 Å². The van der Waals surface area contributed by atoms with Gasteiger partial charge in [0.25, 0.3) is 0 Å². The lowest BCUT2D eigenvalue weighted by molar-refractivity contribution is 0.108. The monoisotopic (exact) mass is 182 g/mol. The number of hydrogen-bond donors (Lipinski definition) is 0. The van der Waals surface area contributed by atoms with E-state index in [1.54, 1.807) is 6.42 Å². The highest BCUT2D eigenvalue weighted by atomic mass is 32.2. The van der Waals surface area contributed by atoms with Crippen LogP contribution in [-0.2, 0) is 0 Å². The van der Waals surface area contributed by atoms with Gasteiger partial charge in [-0.15, -0.1) is 0 Å². The van der Waals surface area contributed by atoms with Gasteiger partial charge in [-0.25, -0.2) is 0 Å². The zero-order chi connectivity index (χ0) is 8.51. The van der Waals surface area contributed by atoms with Crippen molar-refractivity contribution in [1.82, 2.24) is 0 Å². The summed E-state index contributed by atoms with van der Waals surface area (Å²) in [6.07, 6.45) is 3.86. The summed E-state index contributed by atoms with van der Waals surface area (Å²) < 4.78 is 0. The highest BCUT2D eigenvalue weighted by Crippen LogP contribution is 2.85. The van der Waals surface area contributed by atoms with Crippen molar-refractivity contribution in [3.05, 3.63) is 0 Å². The van der Waals surface area contributed by atoms with Gasteiger partial charge in [-0.1, -0.05) is 13.8 Å². The summed E-state index contributed by atoms with van der Waals surface area (Å²) in [4.78, 5) is 0. The van der Waals surface area contributed by atoms with E-state index in [0.29, 0.717) is 0 Å². The number of fused-ring (bicyclic) bond motifs is 1. The Hall–Kier alpha value is 0.350. The minimum Gasteiger partial charge on any atom is -0.165 e. The predicted octanol–water partition coefficient (Wildman–Crippen LogP) is 2.89. The Labute approximate surface area is 79.5 Å². The van der Waals surface area contributed by atoms with Gasteiger partial charge >= 0.3 is 0 Å². The third-order valence-corrected chi connectivity index (χ3v) is 6.05. The van der Waals surface area contributed by atoms with Crippen molar-refractivity contribution < 1.29 is 0 Å². The maximum absolute atomic E-state index is 2.49. The third kappa shape index (κ3) is 0.556. The molecule has 0 aromatic heterocycles. The molecule has 0 saturated heterocycles. The van der Waals surface area contributed by atoms with Crippen LogP contribution in [0.4, 0.5) is 0 Å². The normalized spacial score (nSPS) is 65.8. The van der Waals surface area contributed by atoms with Gasteiger partial charge in [-0.05, 0) is 53.4 Å². The molecule has 1 heteroatoms. The van der Waals surface area contributed by atoms with Crippen molar-refractivity contribution >= 4 is 11.8 Å². The fourth-order valence-electron chi connectivity index (χ4n) is 4.61. The van der Waals surface area contributed by atoms with Crippen LogP contribution >= 0.6 is 11.8 Å². The molecule has 0 aliphatic heterocycles. The summed E-state index contributed by atoms with van der Waals surface area (Å²) in [5.74, 6) is 6.97. The van der Waals surface area contributed by atoms with Crippen molar-refractivity contribution in [2.45, 2.75) is 20.3 Å². The van der Waals surface area contributed by atoms with Crippen LogP contribution in [0.5, 0.6) is 0 Å². The third-order valence-electron chi connectivity index (χ3n) is 5.26. The molecule has 0 radical (unpaired) electrons. The number of rotatable bonds is 2. The average Bonchev–Trinajstić information content (AvgIpc) is 2.46. The zero-order valence-corrected chi connectivity index (χ0v) is 9.03. The van der Waals surface area contributed by atoms with Crippen LogP contribution in [0.2, 0.25) is 0 Å². The van der Waals surface area contributed by atoms with Gasteiger partial charge in [0.2, 0.25) is 0 Å². The van der Waals surface area contributed by atoms with E-state index in [1.807, 2.05) is 0 Å². The molecule has 6 atom stereocenters. The van der Waals surface area contributed by atoms with Gasteiger partial charge in [0, 0.05) is 0 Å². The largest absolute Gasteiger partial charge is 0.165 e. The Balaban J connectivity index is 1.87. The highest BCUT2D eigenvalue weighted by Gasteiger charge is 2.81. The van der Waals surface area contributed by atoms with Crippen LogP contribution in [0.15, 0.2) is 0 Å². The Morgan fingerprint density at radius 2 is 2.00 bits per heavy atom. The van der Waals surface area contributed by atoms with Crippen LogP contribution in [0, 0.1) is 35.0 Å². The molecule has 3 aliphatic carbocycles. The van der Waals surface area contributed by atoms with Crippen molar-refractivity contribution in [2.24, 2.45) is 35.0 Å². The molecule has 3 rings (SSSR count). The second-order valence-electron chi connectivity index (χ2n) is 5.24. The first kappa shape index (κ1) is 7.73. The summed E-state index contributed by atoms with van der Waals surface area (Å²) >= 11 is 2.08. The molecule has 0 nitrogen and oxygen atoms in total. The summed E-state index contributed by atoms with van der Waals surface area (Å²) in [5, 5.41) is 0. The topological polar surface area (TPSA) is 0 Å². The molecule has 6 unspecified atom stereocenters. The molecule has 3 aliphatic rings. The first-order valence-corrected chi connectivity index (χ1v) is 6.61. The van der Waals surface area contributed by atoms with Gasteiger partial charge in [0.1, 0.15) is 0 Å². The van der Waals surface area contributed by atoms with E-state index < -0.39 is 0 Å². The van der Waals surface area contributed by atoms with Crippen molar-refractivity contribution in [3.63, 3.8) is 0 Å². The van der Waals surface area contributed by atoms with Gasteiger partial charge < -0.3 is 0 Å². The Kier molecular flexibility index (Phi) is 1.32. The van der Waals surface area contributed by atoms with E-state index >= 15 is 0 Å². The number of hydrogen-bond acceptors (Lipinski definition) is 1. The van der Waals surface area contributed by atoms with E-state index in [0.717, 1.165) is 29.1 Å². The first-order valence-electron chi connectivity index (χ1n) is 5.22. The van der Waals surface area contributed by atoms with E-state index in [1.165, 1.54) is 11.7 Å². The van der Waals surface area contributed by atoms with Crippen molar-refractivity contribution in [1.29, 1.82) is 0 Å². The highest BCUT2D eigenvalue weighted by molar-refractivity contribution is 7.98. The molecule has 0 bridgehead atoms. The minimum atomic E-state index is 0.873.